The molecule has 2 N–H and O–H groups in total. The molecule has 0 fully saturated rings. The van der Waals surface area contributed by atoms with E-state index in [-0.39, 0.29) is 0 Å². The van der Waals surface area contributed by atoms with Gasteiger partial charge in [0.15, 0.2) is 5.65 Å². The summed E-state index contributed by atoms with van der Waals surface area (Å²) in [5, 5.41) is 15.3. The van der Waals surface area contributed by atoms with E-state index in [9.17, 15) is 0 Å². The van der Waals surface area contributed by atoms with E-state index in [0.29, 0.717) is 18.1 Å². The fourth-order valence-electron chi connectivity index (χ4n) is 2.11. The van der Waals surface area contributed by atoms with Gasteiger partial charge in [0.1, 0.15) is 5.75 Å². The Kier molecular flexibility index (Phi) is 3.03. The quantitative estimate of drug-likeness (QED) is 0.773. The van der Waals surface area contributed by atoms with Gasteiger partial charge >= 0.3 is 0 Å². The van der Waals surface area contributed by atoms with Crippen LogP contribution in [0.3, 0.4) is 0 Å². The van der Waals surface area contributed by atoms with Crippen LogP contribution in [0.4, 0.5) is 0 Å². The molecule has 3 aromatic rings. The smallest absolute Gasteiger partial charge is 0.239 e. The highest BCUT2D eigenvalue weighted by molar-refractivity contribution is 5.45. The molecule has 0 atom stereocenters. The maximum atomic E-state index is 5.85. The number of ether oxygens (including phenoxy) is 1. The van der Waals surface area contributed by atoms with E-state index in [1.165, 1.54) is 4.63 Å². The van der Waals surface area contributed by atoms with Crippen molar-refractivity contribution in [3.8, 4) is 11.6 Å². The Hall–Kier alpha value is -2.54. The minimum atomic E-state index is 0.441. The summed E-state index contributed by atoms with van der Waals surface area (Å²) in [7, 11) is 0. The molecule has 0 aliphatic rings. The number of rotatable bonds is 3. The van der Waals surface area contributed by atoms with Crippen molar-refractivity contribution in [1.29, 1.82) is 0 Å². The van der Waals surface area contributed by atoms with Crippen LogP contribution in [0.25, 0.3) is 5.65 Å². The molecule has 0 saturated carbocycles. The molecule has 0 radical (unpaired) electrons. The normalized spacial score (nSPS) is 10.9. The number of aryl methyl sites for hydroxylation is 2. The average Bonchev–Trinajstić information content (AvgIpc) is 2.90. The van der Waals surface area contributed by atoms with E-state index in [4.69, 9.17) is 10.5 Å². The van der Waals surface area contributed by atoms with Gasteiger partial charge in [-0.15, -0.1) is 14.8 Å². The average molecular weight is 270 g/mol. The van der Waals surface area contributed by atoms with Crippen molar-refractivity contribution < 1.29 is 4.74 Å². The number of nitrogens with zero attached hydrogens (tertiary/aromatic N) is 5. The second kappa shape index (κ2) is 4.86. The van der Waals surface area contributed by atoms with Crippen LogP contribution in [0.1, 0.15) is 16.7 Å². The summed E-state index contributed by atoms with van der Waals surface area (Å²) in [6.07, 6.45) is 0. The molecule has 0 amide bonds. The van der Waals surface area contributed by atoms with Gasteiger partial charge in [-0.05, 0) is 47.0 Å². The van der Waals surface area contributed by atoms with Crippen LogP contribution in [0.2, 0.25) is 0 Å². The molecule has 20 heavy (non-hydrogen) atoms. The van der Waals surface area contributed by atoms with Gasteiger partial charge in [0.25, 0.3) is 0 Å². The van der Waals surface area contributed by atoms with Gasteiger partial charge in [-0.2, -0.15) is 0 Å². The maximum absolute atomic E-state index is 5.85. The molecule has 0 aliphatic heterocycles. The summed E-state index contributed by atoms with van der Waals surface area (Å²) in [5.74, 6) is 1.22. The third-order valence-electron chi connectivity index (χ3n) is 3.01. The van der Waals surface area contributed by atoms with Crippen molar-refractivity contribution in [3.05, 3.63) is 41.0 Å². The molecule has 0 aliphatic carbocycles. The Morgan fingerprint density at radius 3 is 2.65 bits per heavy atom. The first-order chi connectivity index (χ1) is 9.67. The van der Waals surface area contributed by atoms with Gasteiger partial charge in [-0.1, -0.05) is 12.1 Å². The highest BCUT2D eigenvalue weighted by Crippen LogP contribution is 2.28. The first-order valence-corrected chi connectivity index (χ1v) is 6.21. The first-order valence-electron chi connectivity index (χ1n) is 6.21. The van der Waals surface area contributed by atoms with Crippen LogP contribution < -0.4 is 10.5 Å². The van der Waals surface area contributed by atoms with E-state index in [1.807, 2.05) is 26.0 Å². The standard InChI is InChI=1S/C13H14N6O/c1-8-5-10(7-14)6-9(2)13(8)20-12-4-3-11-15-17-18-19(11)16-12/h3-6H,7,14H2,1-2H3. The molecule has 102 valence electrons. The number of hydrogen-bond acceptors (Lipinski definition) is 6. The molecule has 2 heterocycles. The van der Waals surface area contributed by atoms with Gasteiger partial charge in [0, 0.05) is 12.6 Å². The molecule has 0 bridgehead atoms. The molecule has 3 rings (SSSR count). The molecule has 1 aromatic carbocycles. The predicted octanol–water partition coefficient (Wildman–Crippen LogP) is 1.39. The topological polar surface area (TPSA) is 91.2 Å². The van der Waals surface area contributed by atoms with E-state index >= 15 is 0 Å². The highest BCUT2D eigenvalue weighted by Gasteiger charge is 2.09. The monoisotopic (exact) mass is 270 g/mol. The van der Waals surface area contributed by atoms with E-state index in [2.05, 4.69) is 20.6 Å². The summed E-state index contributed by atoms with van der Waals surface area (Å²) < 4.78 is 7.18. The fraction of sp³-hybridized carbons (Fsp3) is 0.231. The van der Waals surface area contributed by atoms with E-state index in [0.717, 1.165) is 22.4 Å². The van der Waals surface area contributed by atoms with Gasteiger partial charge in [-0.25, -0.2) is 0 Å². The molecule has 7 heteroatoms. The molecule has 0 spiro atoms. The second-order valence-electron chi connectivity index (χ2n) is 4.56. The van der Waals surface area contributed by atoms with E-state index < -0.39 is 0 Å². The van der Waals surface area contributed by atoms with Gasteiger partial charge in [-0.3, -0.25) is 0 Å². The zero-order valence-corrected chi connectivity index (χ0v) is 11.2. The van der Waals surface area contributed by atoms with Crippen LogP contribution in [-0.2, 0) is 6.54 Å². The van der Waals surface area contributed by atoms with Crippen LogP contribution in [0.15, 0.2) is 24.3 Å². The number of hydrogen-bond donors (Lipinski definition) is 1. The van der Waals surface area contributed by atoms with Crippen molar-refractivity contribution in [1.82, 2.24) is 25.3 Å². The molecule has 0 unspecified atom stereocenters. The van der Waals surface area contributed by atoms with Gasteiger partial charge < -0.3 is 10.5 Å². The lowest BCUT2D eigenvalue weighted by Crippen LogP contribution is -2.01. The lowest BCUT2D eigenvalue weighted by atomic mass is 10.1. The Morgan fingerprint density at radius 1 is 1.20 bits per heavy atom. The number of aromatic nitrogens is 5. The third kappa shape index (κ3) is 2.19. The van der Waals surface area contributed by atoms with Gasteiger partial charge in [0.05, 0.1) is 0 Å². The number of fused-ring (bicyclic) bond motifs is 1. The van der Waals surface area contributed by atoms with Crippen molar-refractivity contribution >= 4 is 5.65 Å². The van der Waals surface area contributed by atoms with Crippen LogP contribution in [0.5, 0.6) is 11.6 Å². The predicted molar refractivity (Wildman–Crippen MR) is 72.5 cm³/mol. The third-order valence-corrected chi connectivity index (χ3v) is 3.01. The summed E-state index contributed by atoms with van der Waals surface area (Å²) in [6, 6.07) is 7.51. The minimum absolute atomic E-state index is 0.441. The second-order valence-corrected chi connectivity index (χ2v) is 4.56. The number of nitrogens with two attached hydrogens (primary N) is 1. The Labute approximate surface area is 115 Å². The van der Waals surface area contributed by atoms with Crippen LogP contribution in [0, 0.1) is 13.8 Å². The number of tetrazole rings is 1. The van der Waals surface area contributed by atoms with Crippen molar-refractivity contribution in [2.45, 2.75) is 20.4 Å². The SMILES string of the molecule is Cc1cc(CN)cc(C)c1Oc1ccc2nnnn2n1. The van der Waals surface area contributed by atoms with Crippen LogP contribution in [-0.4, -0.2) is 25.3 Å². The molecule has 2 aromatic heterocycles. The Bertz CT molecular complexity index is 743. The van der Waals surface area contributed by atoms with Crippen molar-refractivity contribution in [3.63, 3.8) is 0 Å². The van der Waals surface area contributed by atoms with Gasteiger partial charge in [0.2, 0.25) is 5.88 Å². The Morgan fingerprint density at radius 2 is 1.95 bits per heavy atom. The fourth-order valence-corrected chi connectivity index (χ4v) is 2.11. The highest BCUT2D eigenvalue weighted by atomic mass is 16.5. The van der Waals surface area contributed by atoms with Crippen molar-refractivity contribution in [2.24, 2.45) is 5.73 Å². The zero-order chi connectivity index (χ0) is 14.1. The zero-order valence-electron chi connectivity index (χ0n) is 11.2. The molecular weight excluding hydrogens is 256 g/mol. The summed E-state index contributed by atoms with van der Waals surface area (Å²) in [4.78, 5) is 0. The summed E-state index contributed by atoms with van der Waals surface area (Å²) >= 11 is 0. The summed E-state index contributed by atoms with van der Waals surface area (Å²) in [6.45, 7) is 4.48. The lowest BCUT2D eigenvalue weighted by molar-refractivity contribution is 0.440. The van der Waals surface area contributed by atoms with Crippen LogP contribution >= 0.6 is 0 Å². The lowest BCUT2D eigenvalue weighted by Gasteiger charge is -2.12. The first kappa shape index (κ1) is 12.5. The minimum Gasteiger partial charge on any atom is -0.437 e. The Balaban J connectivity index is 1.97. The summed E-state index contributed by atoms with van der Waals surface area (Å²) in [5.41, 5.74) is 9.35. The maximum Gasteiger partial charge on any atom is 0.239 e. The molecule has 0 saturated heterocycles. The van der Waals surface area contributed by atoms with Crippen molar-refractivity contribution in [2.75, 3.05) is 0 Å². The molecular formula is C13H14N6O. The molecule has 7 nitrogen and oxygen atoms in total. The largest absolute Gasteiger partial charge is 0.437 e. The number of benzene rings is 1. The van der Waals surface area contributed by atoms with E-state index in [1.54, 1.807) is 12.1 Å².